The van der Waals surface area contributed by atoms with Gasteiger partial charge in [-0.2, -0.15) is 11.3 Å². The van der Waals surface area contributed by atoms with Crippen molar-refractivity contribution < 1.29 is 9.59 Å². The van der Waals surface area contributed by atoms with Gasteiger partial charge in [-0.25, -0.2) is 0 Å². The van der Waals surface area contributed by atoms with Crippen LogP contribution in [0.25, 0.3) is 0 Å². The molecule has 0 aliphatic carbocycles. The quantitative estimate of drug-likeness (QED) is 0.694. The highest BCUT2D eigenvalue weighted by Gasteiger charge is 2.21. The summed E-state index contributed by atoms with van der Waals surface area (Å²) >= 11 is 1.48. The van der Waals surface area contributed by atoms with E-state index in [-0.39, 0.29) is 18.2 Å². The first kappa shape index (κ1) is 21.5. The van der Waals surface area contributed by atoms with Gasteiger partial charge in [0.1, 0.15) is 0 Å². The van der Waals surface area contributed by atoms with Gasteiger partial charge in [-0.3, -0.25) is 14.5 Å². The van der Waals surface area contributed by atoms with E-state index in [2.05, 4.69) is 53.6 Å². The van der Waals surface area contributed by atoms with Crippen molar-refractivity contribution in [2.24, 2.45) is 11.8 Å². The van der Waals surface area contributed by atoms with E-state index in [0.29, 0.717) is 18.7 Å². The second-order valence-electron chi connectivity index (χ2n) is 8.25. The number of benzene rings is 1. The SMILES string of the molecule is C[C@@H]1C[C@H](C)CN(Cc2ccc(CNC(=O)CCNC(=O)c3ccsc3)cc2)C1. The Morgan fingerprint density at radius 3 is 2.38 bits per heavy atom. The van der Waals surface area contributed by atoms with Gasteiger partial charge in [-0.05, 0) is 40.8 Å². The van der Waals surface area contributed by atoms with Crippen LogP contribution >= 0.6 is 11.3 Å². The van der Waals surface area contributed by atoms with Gasteiger partial charge in [0.25, 0.3) is 5.91 Å². The number of nitrogens with zero attached hydrogens (tertiary/aromatic N) is 1. The lowest BCUT2D eigenvalue weighted by atomic mass is 9.91. The number of carbonyl (C=O) groups is 2. The van der Waals surface area contributed by atoms with Gasteiger partial charge in [0, 0.05) is 50.1 Å². The molecular weight excluding hydrogens is 382 g/mol. The van der Waals surface area contributed by atoms with Gasteiger partial charge in [-0.15, -0.1) is 0 Å². The van der Waals surface area contributed by atoms with Gasteiger partial charge in [0.2, 0.25) is 5.91 Å². The summed E-state index contributed by atoms with van der Waals surface area (Å²) in [6, 6.07) is 10.3. The van der Waals surface area contributed by atoms with Crippen LogP contribution in [0, 0.1) is 11.8 Å². The maximum atomic E-state index is 12.0. The second kappa shape index (κ2) is 10.6. The third-order valence-corrected chi connectivity index (χ3v) is 5.97. The monoisotopic (exact) mass is 413 g/mol. The zero-order valence-corrected chi connectivity index (χ0v) is 18.1. The zero-order chi connectivity index (χ0) is 20.6. The van der Waals surface area contributed by atoms with E-state index in [1.807, 2.05) is 5.38 Å². The van der Waals surface area contributed by atoms with E-state index < -0.39 is 0 Å². The summed E-state index contributed by atoms with van der Waals surface area (Å²) in [5, 5.41) is 9.35. The summed E-state index contributed by atoms with van der Waals surface area (Å²) in [4.78, 5) is 26.4. The lowest BCUT2D eigenvalue weighted by molar-refractivity contribution is -0.121. The fraction of sp³-hybridized carbons (Fsp3) is 0.478. The number of piperidine rings is 1. The highest BCUT2D eigenvalue weighted by Crippen LogP contribution is 2.22. The fourth-order valence-electron chi connectivity index (χ4n) is 4.02. The predicted molar refractivity (Wildman–Crippen MR) is 118 cm³/mol. The molecule has 2 atom stereocenters. The van der Waals surface area contributed by atoms with E-state index in [4.69, 9.17) is 0 Å². The standard InChI is InChI=1S/C23H31N3O2S/c1-17-11-18(2)14-26(13-17)15-20-5-3-19(4-6-20)12-25-22(27)7-9-24-23(28)21-8-10-29-16-21/h3-6,8,10,16-18H,7,9,11-15H2,1-2H3,(H,24,28)(H,25,27)/t17-,18+. The molecule has 29 heavy (non-hydrogen) atoms. The average Bonchev–Trinajstić information content (AvgIpc) is 3.21. The Balaban J connectivity index is 1.36. The number of nitrogens with one attached hydrogen (secondary N) is 2. The van der Waals surface area contributed by atoms with Crippen LogP contribution in [0.5, 0.6) is 0 Å². The van der Waals surface area contributed by atoms with Crippen molar-refractivity contribution in [2.45, 2.75) is 39.8 Å². The second-order valence-corrected chi connectivity index (χ2v) is 9.03. The summed E-state index contributed by atoms with van der Waals surface area (Å²) in [7, 11) is 0. The van der Waals surface area contributed by atoms with Gasteiger partial charge < -0.3 is 10.6 Å². The number of thiophene rings is 1. The Labute approximate surface area is 177 Å². The third kappa shape index (κ3) is 6.98. The molecule has 1 saturated heterocycles. The van der Waals surface area contributed by atoms with Crippen molar-refractivity contribution in [3.8, 4) is 0 Å². The number of hydrogen-bond donors (Lipinski definition) is 2. The summed E-state index contributed by atoms with van der Waals surface area (Å²) in [5.41, 5.74) is 3.05. The number of amides is 2. The molecule has 6 heteroatoms. The molecule has 5 nitrogen and oxygen atoms in total. The van der Waals surface area contributed by atoms with Gasteiger partial charge >= 0.3 is 0 Å². The molecule has 1 aliphatic rings. The van der Waals surface area contributed by atoms with E-state index in [1.165, 1.54) is 36.4 Å². The Morgan fingerprint density at radius 2 is 1.72 bits per heavy atom. The Bertz CT molecular complexity index is 779. The molecule has 2 N–H and O–H groups in total. The van der Waals surface area contributed by atoms with Crippen LogP contribution in [0.1, 0.15) is 48.2 Å². The molecule has 0 unspecified atom stereocenters. The molecule has 0 saturated carbocycles. The van der Waals surface area contributed by atoms with Crippen molar-refractivity contribution in [2.75, 3.05) is 19.6 Å². The summed E-state index contributed by atoms with van der Waals surface area (Å²) in [6.07, 6.45) is 1.60. The number of rotatable bonds is 8. The Morgan fingerprint density at radius 1 is 1.03 bits per heavy atom. The molecule has 2 aromatic rings. The number of likely N-dealkylation sites (tertiary alicyclic amines) is 1. The van der Waals surface area contributed by atoms with Crippen LogP contribution in [0.15, 0.2) is 41.1 Å². The van der Waals surface area contributed by atoms with Crippen LogP contribution < -0.4 is 10.6 Å². The molecular formula is C23H31N3O2S. The van der Waals surface area contributed by atoms with Crippen LogP contribution in [-0.2, 0) is 17.9 Å². The fourth-order valence-corrected chi connectivity index (χ4v) is 4.65. The van der Waals surface area contributed by atoms with Crippen molar-refractivity contribution in [3.05, 3.63) is 57.8 Å². The lowest BCUT2D eigenvalue weighted by Crippen LogP contribution is -2.38. The Hall–Kier alpha value is -2.18. The van der Waals surface area contributed by atoms with E-state index in [9.17, 15) is 9.59 Å². The molecule has 1 aromatic carbocycles. The van der Waals surface area contributed by atoms with Crippen molar-refractivity contribution in [1.29, 1.82) is 0 Å². The van der Waals surface area contributed by atoms with Gasteiger partial charge in [0.05, 0.1) is 0 Å². The molecule has 0 radical (unpaired) electrons. The smallest absolute Gasteiger partial charge is 0.252 e. The molecule has 156 valence electrons. The molecule has 1 fully saturated rings. The summed E-state index contributed by atoms with van der Waals surface area (Å²) in [5.74, 6) is 1.34. The minimum Gasteiger partial charge on any atom is -0.352 e. The third-order valence-electron chi connectivity index (χ3n) is 5.28. The van der Waals surface area contributed by atoms with Gasteiger partial charge in [-0.1, -0.05) is 38.1 Å². The maximum Gasteiger partial charge on any atom is 0.252 e. The van der Waals surface area contributed by atoms with Crippen molar-refractivity contribution >= 4 is 23.2 Å². The van der Waals surface area contributed by atoms with Crippen LogP contribution in [-0.4, -0.2) is 36.3 Å². The normalized spacial score (nSPS) is 19.7. The molecule has 1 aromatic heterocycles. The maximum absolute atomic E-state index is 12.0. The average molecular weight is 414 g/mol. The number of carbonyl (C=O) groups excluding carboxylic acids is 2. The van der Waals surface area contributed by atoms with Crippen LogP contribution in [0.2, 0.25) is 0 Å². The van der Waals surface area contributed by atoms with Crippen molar-refractivity contribution in [3.63, 3.8) is 0 Å². The van der Waals surface area contributed by atoms with E-state index in [0.717, 1.165) is 23.9 Å². The van der Waals surface area contributed by atoms with Crippen molar-refractivity contribution in [1.82, 2.24) is 15.5 Å². The largest absolute Gasteiger partial charge is 0.352 e. The predicted octanol–water partition coefficient (Wildman–Crippen LogP) is 3.66. The highest BCUT2D eigenvalue weighted by atomic mass is 32.1. The molecule has 1 aliphatic heterocycles. The molecule has 2 amide bonds. The van der Waals surface area contributed by atoms with Crippen LogP contribution in [0.3, 0.4) is 0 Å². The lowest BCUT2D eigenvalue weighted by Gasteiger charge is -2.35. The minimum absolute atomic E-state index is 0.0593. The first-order valence-corrected chi connectivity index (χ1v) is 11.3. The molecule has 2 heterocycles. The topological polar surface area (TPSA) is 61.4 Å². The van der Waals surface area contributed by atoms with Gasteiger partial charge in [0.15, 0.2) is 0 Å². The summed E-state index contributed by atoms with van der Waals surface area (Å²) < 4.78 is 0. The minimum atomic E-state index is -0.132. The molecule has 0 spiro atoms. The molecule has 0 bridgehead atoms. The summed E-state index contributed by atoms with van der Waals surface area (Å²) in [6.45, 7) is 8.85. The first-order chi connectivity index (χ1) is 14.0. The molecule has 3 rings (SSSR count). The van der Waals surface area contributed by atoms with E-state index in [1.54, 1.807) is 11.4 Å². The first-order valence-electron chi connectivity index (χ1n) is 10.4. The number of hydrogen-bond acceptors (Lipinski definition) is 4. The highest BCUT2D eigenvalue weighted by molar-refractivity contribution is 7.08. The zero-order valence-electron chi connectivity index (χ0n) is 17.3. The van der Waals surface area contributed by atoms with E-state index >= 15 is 0 Å². The Kier molecular flexibility index (Phi) is 7.83. The van der Waals surface area contributed by atoms with Crippen LogP contribution in [0.4, 0.5) is 0 Å².